The summed E-state index contributed by atoms with van der Waals surface area (Å²) in [5.41, 5.74) is -1.62. The van der Waals surface area contributed by atoms with Crippen molar-refractivity contribution in [3.05, 3.63) is 92.5 Å². The third-order valence-electron chi connectivity index (χ3n) is 4.45. The Labute approximate surface area is 196 Å². The number of sulfonamides is 1. The molecule has 1 N–H and O–H groups in total. The van der Waals surface area contributed by atoms with Crippen molar-refractivity contribution in [2.75, 3.05) is 0 Å². The minimum absolute atomic E-state index is 0.204. The summed E-state index contributed by atoms with van der Waals surface area (Å²) < 4.78 is 70.6. The van der Waals surface area contributed by atoms with Gasteiger partial charge in [-0.1, -0.05) is 29.3 Å². The van der Waals surface area contributed by atoms with Crippen LogP contribution in [0.5, 0.6) is 11.5 Å². The minimum atomic E-state index is -4.64. The van der Waals surface area contributed by atoms with Crippen molar-refractivity contribution in [1.82, 2.24) is 4.72 Å². The maximum Gasteiger partial charge on any atom is 0.416 e. The van der Waals surface area contributed by atoms with Gasteiger partial charge in [0.2, 0.25) is 0 Å². The Morgan fingerprint density at radius 3 is 2.26 bits per heavy atom. The van der Waals surface area contributed by atoms with Gasteiger partial charge >= 0.3 is 6.18 Å². The number of nitro benzene ring substituents is 1. The molecule has 0 bridgehead atoms. The molecule has 3 aromatic carbocycles. The molecule has 178 valence electrons. The third-order valence-corrected chi connectivity index (χ3v) is 6.10. The Bertz CT molecular complexity index is 1380. The molecule has 0 atom stereocenters. The molecule has 0 aliphatic rings. The molecule has 0 radical (unpaired) electrons. The van der Waals surface area contributed by atoms with E-state index in [1.54, 1.807) is 11.6 Å². The SMILES string of the molecule is Cc1ccc(S(=O)(=O)NC(=O)c2cc(Oc3ccc(C(F)(F)F)cc3Cl)ccc2[N+](=O)[O-])cc1. The second kappa shape index (κ2) is 9.31. The number of nitrogens with one attached hydrogen (secondary N) is 1. The van der Waals surface area contributed by atoms with Gasteiger partial charge in [-0.15, -0.1) is 0 Å². The Hall–Kier alpha value is -3.64. The number of aryl methyl sites for hydroxylation is 1. The van der Waals surface area contributed by atoms with E-state index in [9.17, 15) is 36.5 Å². The lowest BCUT2D eigenvalue weighted by molar-refractivity contribution is -0.385. The zero-order chi connectivity index (χ0) is 25.3. The first kappa shape index (κ1) is 25.0. The zero-order valence-electron chi connectivity index (χ0n) is 17.1. The van der Waals surface area contributed by atoms with E-state index in [-0.39, 0.29) is 16.4 Å². The van der Waals surface area contributed by atoms with Crippen LogP contribution in [0.15, 0.2) is 65.6 Å². The summed E-state index contributed by atoms with van der Waals surface area (Å²) in [7, 11) is -4.35. The van der Waals surface area contributed by atoms with Gasteiger partial charge in [-0.2, -0.15) is 13.2 Å². The quantitative estimate of drug-likeness (QED) is 0.343. The number of nitro groups is 1. The highest BCUT2D eigenvalue weighted by atomic mass is 35.5. The number of alkyl halides is 3. The number of rotatable bonds is 6. The molecular weight excluding hydrogens is 501 g/mol. The first-order chi connectivity index (χ1) is 15.8. The molecule has 0 aromatic heterocycles. The van der Waals surface area contributed by atoms with E-state index in [2.05, 4.69) is 0 Å². The summed E-state index contributed by atoms with van der Waals surface area (Å²) in [6.45, 7) is 1.73. The number of benzene rings is 3. The highest BCUT2D eigenvalue weighted by molar-refractivity contribution is 7.90. The fraction of sp³-hybridized carbons (Fsp3) is 0.0952. The molecule has 0 saturated carbocycles. The largest absolute Gasteiger partial charge is 0.456 e. The van der Waals surface area contributed by atoms with Crippen molar-refractivity contribution in [3.63, 3.8) is 0 Å². The standard InChI is InChI=1S/C21H14ClF3N2O6S/c1-12-2-6-15(7-3-12)34(31,32)26-20(28)16-11-14(5-8-18(16)27(29)30)33-19-9-4-13(10-17(19)22)21(23,24)25/h2-11H,1H3,(H,26,28). The van der Waals surface area contributed by atoms with Crippen LogP contribution in [0, 0.1) is 17.0 Å². The molecular formula is C21H14ClF3N2O6S. The fourth-order valence-corrected chi connectivity index (χ4v) is 3.95. The maximum absolute atomic E-state index is 12.8. The fourth-order valence-electron chi connectivity index (χ4n) is 2.76. The second-order valence-corrected chi connectivity index (χ2v) is 9.02. The van der Waals surface area contributed by atoms with E-state index in [1.807, 2.05) is 0 Å². The number of carbonyl (C=O) groups is 1. The van der Waals surface area contributed by atoms with E-state index < -0.39 is 48.9 Å². The number of carbonyl (C=O) groups excluding carboxylic acids is 1. The monoisotopic (exact) mass is 514 g/mol. The molecule has 0 aliphatic carbocycles. The van der Waals surface area contributed by atoms with Gasteiger partial charge in [-0.3, -0.25) is 14.9 Å². The zero-order valence-corrected chi connectivity index (χ0v) is 18.7. The first-order valence-corrected chi connectivity index (χ1v) is 11.1. The summed E-state index contributed by atoms with van der Waals surface area (Å²) in [5.74, 6) is -1.73. The number of amides is 1. The van der Waals surface area contributed by atoms with Gasteiger partial charge < -0.3 is 4.74 Å². The van der Waals surface area contributed by atoms with Crippen LogP contribution in [0.2, 0.25) is 5.02 Å². The number of hydrogen-bond acceptors (Lipinski definition) is 6. The lowest BCUT2D eigenvalue weighted by Gasteiger charge is -2.12. The second-order valence-electron chi connectivity index (χ2n) is 6.93. The van der Waals surface area contributed by atoms with Crippen LogP contribution in [0.1, 0.15) is 21.5 Å². The van der Waals surface area contributed by atoms with Crippen LogP contribution >= 0.6 is 11.6 Å². The van der Waals surface area contributed by atoms with Gasteiger partial charge in [0, 0.05) is 12.1 Å². The molecule has 0 aliphatic heterocycles. The van der Waals surface area contributed by atoms with Crippen LogP contribution < -0.4 is 9.46 Å². The molecule has 3 rings (SSSR count). The van der Waals surface area contributed by atoms with Crippen LogP contribution in [-0.4, -0.2) is 19.2 Å². The minimum Gasteiger partial charge on any atom is -0.456 e. The van der Waals surface area contributed by atoms with Crippen molar-refractivity contribution in [1.29, 1.82) is 0 Å². The van der Waals surface area contributed by atoms with Gasteiger partial charge in [0.1, 0.15) is 17.1 Å². The molecule has 0 spiro atoms. The van der Waals surface area contributed by atoms with Crippen molar-refractivity contribution < 1.29 is 36.0 Å². The molecule has 0 unspecified atom stereocenters. The lowest BCUT2D eigenvalue weighted by Crippen LogP contribution is -2.31. The maximum atomic E-state index is 12.8. The van der Waals surface area contributed by atoms with E-state index in [0.717, 1.165) is 29.8 Å². The van der Waals surface area contributed by atoms with Gasteiger partial charge in [-0.05, 0) is 43.3 Å². The van der Waals surface area contributed by atoms with E-state index in [4.69, 9.17) is 16.3 Å². The van der Waals surface area contributed by atoms with Gasteiger partial charge in [0.25, 0.3) is 21.6 Å². The van der Waals surface area contributed by atoms with E-state index in [0.29, 0.717) is 12.1 Å². The normalized spacial score (nSPS) is 11.7. The summed E-state index contributed by atoms with van der Waals surface area (Å²) in [6, 6.07) is 10.7. The number of ether oxygens (including phenoxy) is 1. The Balaban J connectivity index is 1.93. The molecule has 34 heavy (non-hydrogen) atoms. The molecule has 8 nitrogen and oxygen atoms in total. The number of halogens is 4. The van der Waals surface area contributed by atoms with Crippen molar-refractivity contribution in [2.45, 2.75) is 18.0 Å². The predicted octanol–water partition coefficient (Wildman–Crippen LogP) is 5.49. The lowest BCUT2D eigenvalue weighted by atomic mass is 10.1. The van der Waals surface area contributed by atoms with Crippen molar-refractivity contribution in [2.24, 2.45) is 0 Å². The van der Waals surface area contributed by atoms with Crippen molar-refractivity contribution >= 4 is 33.2 Å². The van der Waals surface area contributed by atoms with E-state index >= 15 is 0 Å². The number of hydrogen-bond donors (Lipinski definition) is 1. The van der Waals surface area contributed by atoms with E-state index in [1.165, 1.54) is 24.3 Å². The molecule has 0 heterocycles. The van der Waals surface area contributed by atoms with Crippen LogP contribution in [-0.2, 0) is 16.2 Å². The summed E-state index contributed by atoms with van der Waals surface area (Å²) in [6.07, 6.45) is -4.64. The molecule has 0 saturated heterocycles. The Kier molecular flexibility index (Phi) is 6.84. The third kappa shape index (κ3) is 5.64. The van der Waals surface area contributed by atoms with Gasteiger partial charge in [-0.25, -0.2) is 13.1 Å². The van der Waals surface area contributed by atoms with Crippen molar-refractivity contribution in [3.8, 4) is 11.5 Å². The predicted molar refractivity (Wildman–Crippen MR) is 115 cm³/mol. The Morgan fingerprint density at radius 1 is 1.06 bits per heavy atom. The highest BCUT2D eigenvalue weighted by Crippen LogP contribution is 2.37. The summed E-state index contributed by atoms with van der Waals surface area (Å²) in [4.78, 5) is 22.9. The molecule has 13 heteroatoms. The Morgan fingerprint density at radius 2 is 1.71 bits per heavy atom. The van der Waals surface area contributed by atoms with Crippen LogP contribution in [0.25, 0.3) is 0 Å². The summed E-state index contributed by atoms with van der Waals surface area (Å²) in [5, 5.41) is 11.0. The van der Waals surface area contributed by atoms with Crippen LogP contribution in [0.4, 0.5) is 18.9 Å². The average molecular weight is 515 g/mol. The topological polar surface area (TPSA) is 116 Å². The molecule has 3 aromatic rings. The summed E-state index contributed by atoms with van der Waals surface area (Å²) >= 11 is 5.84. The van der Waals surface area contributed by atoms with Gasteiger partial charge in [0.15, 0.2) is 0 Å². The smallest absolute Gasteiger partial charge is 0.416 e. The van der Waals surface area contributed by atoms with Gasteiger partial charge in [0.05, 0.1) is 20.4 Å². The highest BCUT2D eigenvalue weighted by Gasteiger charge is 2.31. The first-order valence-electron chi connectivity index (χ1n) is 9.25. The molecule has 1 amide bonds. The average Bonchev–Trinajstić information content (AvgIpc) is 2.74. The van der Waals surface area contributed by atoms with Crippen LogP contribution in [0.3, 0.4) is 0 Å². The number of nitrogens with zero attached hydrogens (tertiary/aromatic N) is 1. The molecule has 0 fully saturated rings.